The third kappa shape index (κ3) is 3.92. The number of nitrogens with one attached hydrogen (secondary N) is 1. The summed E-state index contributed by atoms with van der Waals surface area (Å²) in [5, 5.41) is 3.17. The van der Waals surface area contributed by atoms with Gasteiger partial charge in [0.05, 0.1) is 6.42 Å². The molecule has 27 heavy (non-hydrogen) atoms. The highest BCUT2D eigenvalue weighted by molar-refractivity contribution is 5.78. The Kier molecular flexibility index (Phi) is 5.01. The molecule has 4 rings (SSSR count). The normalized spacial score (nSPS) is 17.5. The van der Waals surface area contributed by atoms with Crippen LogP contribution in [0.1, 0.15) is 42.5 Å². The highest BCUT2D eigenvalue weighted by Gasteiger charge is 2.36. The SMILES string of the molecule is Cc1ccc(CC(=O)NCC2(c3ccc4c(c3)OCCO4)CCCC2)cn1. The van der Waals surface area contributed by atoms with Gasteiger partial charge in [0, 0.05) is 23.9 Å². The third-order valence-electron chi connectivity index (χ3n) is 5.68. The maximum absolute atomic E-state index is 12.5. The van der Waals surface area contributed by atoms with Crippen molar-refractivity contribution in [3.63, 3.8) is 0 Å². The lowest BCUT2D eigenvalue weighted by molar-refractivity contribution is -0.120. The van der Waals surface area contributed by atoms with Crippen molar-refractivity contribution < 1.29 is 14.3 Å². The molecule has 2 aliphatic rings. The van der Waals surface area contributed by atoms with Crippen LogP contribution in [0.15, 0.2) is 36.5 Å². The molecule has 2 aromatic rings. The minimum atomic E-state index is -0.0168. The number of aromatic nitrogens is 1. The molecule has 1 saturated carbocycles. The number of carbonyl (C=O) groups excluding carboxylic acids is 1. The number of nitrogens with zero attached hydrogens (tertiary/aromatic N) is 1. The number of hydrogen-bond acceptors (Lipinski definition) is 4. The number of fused-ring (bicyclic) bond motifs is 1. The summed E-state index contributed by atoms with van der Waals surface area (Å²) in [6.07, 6.45) is 6.68. The van der Waals surface area contributed by atoms with Gasteiger partial charge in [-0.15, -0.1) is 0 Å². The number of ether oxygens (including phenoxy) is 2. The minimum absolute atomic E-state index is 0.0168. The first kappa shape index (κ1) is 17.8. The molecule has 0 radical (unpaired) electrons. The summed E-state index contributed by atoms with van der Waals surface area (Å²) >= 11 is 0. The molecule has 142 valence electrons. The van der Waals surface area contributed by atoms with Crippen molar-refractivity contribution in [3.8, 4) is 11.5 Å². The summed E-state index contributed by atoms with van der Waals surface area (Å²) in [5.41, 5.74) is 3.12. The predicted octanol–water partition coefficient (Wildman–Crippen LogP) is 3.33. The monoisotopic (exact) mass is 366 g/mol. The molecule has 1 fully saturated rings. The number of rotatable bonds is 5. The Labute approximate surface area is 160 Å². The van der Waals surface area contributed by atoms with Crippen molar-refractivity contribution >= 4 is 5.91 Å². The van der Waals surface area contributed by atoms with Crippen LogP contribution in [-0.2, 0) is 16.6 Å². The Morgan fingerprint density at radius 2 is 1.89 bits per heavy atom. The fourth-order valence-electron chi connectivity index (χ4n) is 4.11. The molecule has 1 aliphatic heterocycles. The molecular formula is C22H26N2O3. The van der Waals surface area contributed by atoms with Gasteiger partial charge in [-0.25, -0.2) is 0 Å². The summed E-state index contributed by atoms with van der Waals surface area (Å²) in [6, 6.07) is 10.2. The van der Waals surface area contributed by atoms with Crippen molar-refractivity contribution in [2.45, 2.75) is 44.4 Å². The lowest BCUT2D eigenvalue weighted by Gasteiger charge is -2.31. The van der Waals surface area contributed by atoms with Crippen LogP contribution < -0.4 is 14.8 Å². The van der Waals surface area contributed by atoms with Crippen molar-refractivity contribution in [1.82, 2.24) is 10.3 Å². The van der Waals surface area contributed by atoms with Crippen LogP contribution >= 0.6 is 0 Å². The van der Waals surface area contributed by atoms with E-state index < -0.39 is 0 Å². The van der Waals surface area contributed by atoms with E-state index in [1.807, 2.05) is 25.1 Å². The van der Waals surface area contributed by atoms with E-state index in [9.17, 15) is 4.79 Å². The Hall–Kier alpha value is -2.56. The van der Waals surface area contributed by atoms with E-state index in [4.69, 9.17) is 9.47 Å². The predicted molar refractivity (Wildman–Crippen MR) is 103 cm³/mol. The zero-order valence-electron chi connectivity index (χ0n) is 15.8. The van der Waals surface area contributed by atoms with Crippen LogP contribution in [0.3, 0.4) is 0 Å². The second kappa shape index (κ2) is 7.59. The number of benzene rings is 1. The average Bonchev–Trinajstić information content (AvgIpc) is 3.18. The third-order valence-corrected chi connectivity index (χ3v) is 5.68. The van der Waals surface area contributed by atoms with Gasteiger partial charge in [0.15, 0.2) is 11.5 Å². The van der Waals surface area contributed by atoms with Gasteiger partial charge in [-0.2, -0.15) is 0 Å². The molecule has 0 unspecified atom stereocenters. The summed E-state index contributed by atoms with van der Waals surface area (Å²) in [4.78, 5) is 16.7. The first-order chi connectivity index (χ1) is 13.1. The average molecular weight is 366 g/mol. The number of carbonyl (C=O) groups is 1. The van der Waals surface area contributed by atoms with Crippen LogP contribution in [-0.4, -0.2) is 30.6 Å². The summed E-state index contributed by atoms with van der Waals surface area (Å²) < 4.78 is 11.4. The smallest absolute Gasteiger partial charge is 0.224 e. The second-order valence-electron chi connectivity index (χ2n) is 7.61. The maximum Gasteiger partial charge on any atom is 0.224 e. The van der Waals surface area contributed by atoms with E-state index in [1.165, 1.54) is 18.4 Å². The van der Waals surface area contributed by atoms with Gasteiger partial charge in [0.25, 0.3) is 0 Å². The van der Waals surface area contributed by atoms with Crippen molar-refractivity contribution in [3.05, 3.63) is 53.3 Å². The standard InChI is InChI=1S/C22H26N2O3/c1-16-4-5-17(14-23-16)12-21(25)24-15-22(8-2-3-9-22)18-6-7-19-20(13-18)27-11-10-26-19/h4-7,13-14H,2-3,8-12,15H2,1H3,(H,24,25). The molecule has 1 aliphatic carbocycles. The van der Waals surface area contributed by atoms with Crippen LogP contribution in [0.25, 0.3) is 0 Å². The Morgan fingerprint density at radius 3 is 2.63 bits per heavy atom. The van der Waals surface area contributed by atoms with E-state index in [0.717, 1.165) is 35.6 Å². The molecule has 0 bridgehead atoms. The number of amides is 1. The molecule has 2 heterocycles. The molecule has 0 spiro atoms. The Balaban J connectivity index is 1.46. The second-order valence-corrected chi connectivity index (χ2v) is 7.61. The summed E-state index contributed by atoms with van der Waals surface area (Å²) in [6.45, 7) is 3.79. The highest BCUT2D eigenvalue weighted by atomic mass is 16.6. The fourth-order valence-corrected chi connectivity index (χ4v) is 4.11. The zero-order chi connectivity index (χ0) is 18.7. The molecule has 5 heteroatoms. The first-order valence-corrected chi connectivity index (χ1v) is 9.73. The maximum atomic E-state index is 12.5. The fraction of sp³-hybridized carbons (Fsp3) is 0.455. The van der Waals surface area contributed by atoms with E-state index in [1.54, 1.807) is 6.20 Å². The molecule has 1 aromatic carbocycles. The molecule has 1 aromatic heterocycles. The van der Waals surface area contributed by atoms with Crippen molar-refractivity contribution in [1.29, 1.82) is 0 Å². The van der Waals surface area contributed by atoms with Crippen LogP contribution in [0, 0.1) is 6.92 Å². The van der Waals surface area contributed by atoms with Gasteiger partial charge in [-0.1, -0.05) is 25.0 Å². The van der Waals surface area contributed by atoms with E-state index in [0.29, 0.717) is 26.2 Å². The lowest BCUT2D eigenvalue weighted by Crippen LogP contribution is -2.39. The highest BCUT2D eigenvalue weighted by Crippen LogP contribution is 2.43. The molecule has 0 atom stereocenters. The van der Waals surface area contributed by atoms with E-state index in [2.05, 4.69) is 22.4 Å². The van der Waals surface area contributed by atoms with Crippen LogP contribution in [0.2, 0.25) is 0 Å². The molecule has 0 saturated heterocycles. The first-order valence-electron chi connectivity index (χ1n) is 9.73. The van der Waals surface area contributed by atoms with Crippen molar-refractivity contribution in [2.24, 2.45) is 0 Å². The Morgan fingerprint density at radius 1 is 1.11 bits per heavy atom. The lowest BCUT2D eigenvalue weighted by atomic mass is 9.78. The largest absolute Gasteiger partial charge is 0.486 e. The van der Waals surface area contributed by atoms with Gasteiger partial charge >= 0.3 is 0 Å². The number of pyridine rings is 1. The van der Waals surface area contributed by atoms with Crippen molar-refractivity contribution in [2.75, 3.05) is 19.8 Å². The van der Waals surface area contributed by atoms with E-state index >= 15 is 0 Å². The Bertz CT molecular complexity index is 811. The minimum Gasteiger partial charge on any atom is -0.486 e. The van der Waals surface area contributed by atoms with E-state index in [-0.39, 0.29) is 11.3 Å². The number of hydrogen-bond donors (Lipinski definition) is 1. The zero-order valence-corrected chi connectivity index (χ0v) is 15.8. The molecule has 5 nitrogen and oxygen atoms in total. The van der Waals surface area contributed by atoms with Gasteiger partial charge in [0.2, 0.25) is 5.91 Å². The van der Waals surface area contributed by atoms with Gasteiger partial charge < -0.3 is 14.8 Å². The van der Waals surface area contributed by atoms with Gasteiger partial charge in [-0.05, 0) is 49.1 Å². The van der Waals surface area contributed by atoms with Crippen LogP contribution in [0.5, 0.6) is 11.5 Å². The van der Waals surface area contributed by atoms with Crippen LogP contribution in [0.4, 0.5) is 0 Å². The van der Waals surface area contributed by atoms with Gasteiger partial charge in [-0.3, -0.25) is 9.78 Å². The number of aryl methyl sites for hydroxylation is 1. The molecule has 1 N–H and O–H groups in total. The molecular weight excluding hydrogens is 340 g/mol. The topological polar surface area (TPSA) is 60.5 Å². The molecule has 1 amide bonds. The quantitative estimate of drug-likeness (QED) is 0.882. The summed E-state index contributed by atoms with van der Waals surface area (Å²) in [5.74, 6) is 1.68. The van der Waals surface area contributed by atoms with Gasteiger partial charge in [0.1, 0.15) is 13.2 Å². The summed E-state index contributed by atoms with van der Waals surface area (Å²) in [7, 11) is 0.